The first kappa shape index (κ1) is 19.6. The number of benzene rings is 1. The maximum Gasteiger partial charge on any atom is 0.335 e. The van der Waals surface area contributed by atoms with Crippen LogP contribution in [0, 0.1) is 6.92 Å². The van der Waals surface area contributed by atoms with Crippen LogP contribution in [0.5, 0.6) is 0 Å². The monoisotopic (exact) mass is 405 g/mol. The zero-order valence-corrected chi connectivity index (χ0v) is 17.0. The molecule has 1 amide bonds. The normalized spacial score (nSPS) is 14.1. The molecular formula is C22H23N5O3. The van der Waals surface area contributed by atoms with E-state index in [2.05, 4.69) is 4.98 Å². The predicted octanol–water partition coefficient (Wildman–Crippen LogP) is 1.20. The maximum absolute atomic E-state index is 13.0. The van der Waals surface area contributed by atoms with Gasteiger partial charge in [-0.3, -0.25) is 23.7 Å². The second kappa shape index (κ2) is 7.98. The Hall–Kier alpha value is -3.68. The molecular weight excluding hydrogens is 382 g/mol. The summed E-state index contributed by atoms with van der Waals surface area (Å²) in [6.07, 6.45) is 3.20. The van der Waals surface area contributed by atoms with E-state index in [-0.39, 0.29) is 17.2 Å². The summed E-state index contributed by atoms with van der Waals surface area (Å²) in [5, 5.41) is 0. The van der Waals surface area contributed by atoms with Gasteiger partial charge in [0.1, 0.15) is 5.69 Å². The number of carbonyl (C=O) groups excluding carboxylic acids is 1. The van der Waals surface area contributed by atoms with Crippen LogP contribution >= 0.6 is 0 Å². The van der Waals surface area contributed by atoms with Crippen LogP contribution in [-0.4, -0.2) is 51.1 Å². The first-order valence-electron chi connectivity index (χ1n) is 9.81. The number of para-hydroxylation sites is 1. The molecule has 30 heavy (non-hydrogen) atoms. The smallest absolute Gasteiger partial charge is 0.335 e. The first-order chi connectivity index (χ1) is 14.5. The lowest BCUT2D eigenvalue weighted by Crippen LogP contribution is -2.52. The summed E-state index contributed by atoms with van der Waals surface area (Å²) in [5.41, 5.74) is 1.71. The zero-order valence-electron chi connectivity index (χ0n) is 17.0. The van der Waals surface area contributed by atoms with Crippen LogP contribution in [0.2, 0.25) is 0 Å². The molecule has 3 heterocycles. The molecule has 0 radical (unpaired) electrons. The van der Waals surface area contributed by atoms with Crippen molar-refractivity contribution in [1.29, 1.82) is 0 Å². The molecule has 0 spiro atoms. The number of aromatic nitrogens is 3. The highest BCUT2D eigenvalue weighted by atomic mass is 16.2. The van der Waals surface area contributed by atoms with Gasteiger partial charge in [-0.2, -0.15) is 0 Å². The summed E-state index contributed by atoms with van der Waals surface area (Å²) in [5.74, 6) is -0.0454. The number of anilines is 1. The van der Waals surface area contributed by atoms with E-state index < -0.39 is 0 Å². The van der Waals surface area contributed by atoms with Crippen molar-refractivity contribution >= 4 is 11.6 Å². The van der Waals surface area contributed by atoms with E-state index in [1.165, 1.54) is 7.05 Å². The van der Waals surface area contributed by atoms with Gasteiger partial charge in [0, 0.05) is 51.2 Å². The molecule has 2 aromatic heterocycles. The van der Waals surface area contributed by atoms with Crippen molar-refractivity contribution < 1.29 is 4.79 Å². The van der Waals surface area contributed by atoms with Crippen LogP contribution in [0.4, 0.5) is 5.69 Å². The Kier molecular flexibility index (Phi) is 5.22. The number of hydrogen-bond acceptors (Lipinski definition) is 5. The maximum atomic E-state index is 13.0. The lowest BCUT2D eigenvalue weighted by atomic mass is 10.2. The molecule has 8 heteroatoms. The van der Waals surface area contributed by atoms with Crippen LogP contribution in [-0.2, 0) is 7.05 Å². The number of amides is 1. The van der Waals surface area contributed by atoms with Crippen molar-refractivity contribution in [2.75, 3.05) is 31.1 Å². The Morgan fingerprint density at radius 2 is 1.57 bits per heavy atom. The van der Waals surface area contributed by atoms with E-state index in [9.17, 15) is 14.4 Å². The largest absolute Gasteiger partial charge is 0.362 e. The predicted molar refractivity (Wildman–Crippen MR) is 114 cm³/mol. The summed E-state index contributed by atoms with van der Waals surface area (Å²) in [6, 6.07) is 12.7. The molecule has 154 valence electrons. The Morgan fingerprint density at radius 1 is 0.933 bits per heavy atom. The Bertz CT molecular complexity index is 1180. The van der Waals surface area contributed by atoms with E-state index in [0.717, 1.165) is 4.57 Å². The molecule has 0 saturated carbocycles. The Labute approximate surface area is 173 Å². The van der Waals surface area contributed by atoms with Gasteiger partial charge in [0.15, 0.2) is 0 Å². The molecule has 1 aliphatic rings. The molecule has 0 N–H and O–H groups in total. The van der Waals surface area contributed by atoms with E-state index >= 15 is 0 Å². The molecule has 1 aromatic carbocycles. The van der Waals surface area contributed by atoms with Crippen LogP contribution in [0.15, 0.2) is 64.4 Å². The average molecular weight is 405 g/mol. The molecule has 1 saturated heterocycles. The quantitative estimate of drug-likeness (QED) is 0.654. The van der Waals surface area contributed by atoms with Crippen molar-refractivity contribution in [3.05, 3.63) is 87.0 Å². The highest BCUT2D eigenvalue weighted by molar-refractivity contribution is 5.94. The summed E-state index contributed by atoms with van der Waals surface area (Å²) in [4.78, 5) is 46.1. The van der Waals surface area contributed by atoms with Gasteiger partial charge in [-0.05, 0) is 31.2 Å². The van der Waals surface area contributed by atoms with Gasteiger partial charge in [0.05, 0.1) is 11.4 Å². The van der Waals surface area contributed by atoms with E-state index in [1.807, 2.05) is 35.2 Å². The highest BCUT2D eigenvalue weighted by Gasteiger charge is 2.26. The molecule has 3 aromatic rings. The minimum absolute atomic E-state index is 0.0454. The van der Waals surface area contributed by atoms with Crippen molar-refractivity contribution in [2.24, 2.45) is 7.05 Å². The molecule has 8 nitrogen and oxygen atoms in total. The Balaban J connectivity index is 1.64. The summed E-state index contributed by atoms with van der Waals surface area (Å²) in [6.45, 7) is 3.81. The van der Waals surface area contributed by atoms with Crippen LogP contribution in [0.3, 0.4) is 0 Å². The van der Waals surface area contributed by atoms with E-state index in [1.54, 1.807) is 40.9 Å². The second-order valence-electron chi connectivity index (χ2n) is 7.27. The lowest BCUT2D eigenvalue weighted by Gasteiger charge is -2.36. The van der Waals surface area contributed by atoms with Gasteiger partial charge in [0.2, 0.25) is 0 Å². The molecule has 0 aliphatic carbocycles. The molecule has 1 fully saturated rings. The zero-order chi connectivity index (χ0) is 21.3. The average Bonchev–Trinajstić information content (AvgIpc) is 2.79. The number of nitrogens with zero attached hydrogens (tertiary/aromatic N) is 5. The summed E-state index contributed by atoms with van der Waals surface area (Å²) in [7, 11) is 1.50. The van der Waals surface area contributed by atoms with Gasteiger partial charge in [0.25, 0.3) is 11.5 Å². The molecule has 0 unspecified atom stereocenters. The van der Waals surface area contributed by atoms with Gasteiger partial charge in [-0.1, -0.05) is 18.2 Å². The van der Waals surface area contributed by atoms with Crippen molar-refractivity contribution in [2.45, 2.75) is 6.92 Å². The topological polar surface area (TPSA) is 80.4 Å². The van der Waals surface area contributed by atoms with E-state index in [4.69, 9.17) is 0 Å². The van der Waals surface area contributed by atoms with Crippen LogP contribution in [0.25, 0.3) is 5.69 Å². The van der Waals surface area contributed by atoms with Crippen LogP contribution < -0.4 is 16.1 Å². The van der Waals surface area contributed by atoms with Gasteiger partial charge < -0.3 is 9.80 Å². The van der Waals surface area contributed by atoms with Crippen molar-refractivity contribution in [3.8, 4) is 5.69 Å². The molecule has 0 bridgehead atoms. The van der Waals surface area contributed by atoms with Crippen LogP contribution in [0.1, 0.15) is 16.1 Å². The van der Waals surface area contributed by atoms with Crippen molar-refractivity contribution in [3.63, 3.8) is 0 Å². The summed E-state index contributed by atoms with van der Waals surface area (Å²) >= 11 is 0. The fourth-order valence-electron chi connectivity index (χ4n) is 3.86. The molecule has 4 rings (SSSR count). The van der Waals surface area contributed by atoms with Gasteiger partial charge >= 0.3 is 5.69 Å². The minimum Gasteiger partial charge on any atom is -0.362 e. The third-order valence-corrected chi connectivity index (χ3v) is 5.49. The molecule has 0 atom stereocenters. The fourth-order valence-corrected chi connectivity index (χ4v) is 3.86. The number of carbonyl (C=O) groups is 1. The number of pyridine rings is 1. The third kappa shape index (κ3) is 3.41. The lowest BCUT2D eigenvalue weighted by molar-refractivity contribution is 0.0746. The van der Waals surface area contributed by atoms with Gasteiger partial charge in [-0.25, -0.2) is 4.79 Å². The SMILES string of the molecule is Cc1c(N2CCN(C(=O)c3ccncc3)CC2)c(=O)n(C)c(=O)n1-c1ccccc1. The minimum atomic E-state index is -0.376. The highest BCUT2D eigenvalue weighted by Crippen LogP contribution is 2.19. The van der Waals surface area contributed by atoms with Gasteiger partial charge in [-0.15, -0.1) is 0 Å². The standard InChI is InChI=1S/C22H23N5O3/c1-16-19(21(29)24(2)22(30)27(16)18-6-4-3-5-7-18)25-12-14-26(15-13-25)20(28)17-8-10-23-11-9-17/h3-11H,12-15H2,1-2H3. The van der Waals surface area contributed by atoms with E-state index in [0.29, 0.717) is 48.8 Å². The number of rotatable bonds is 3. The van der Waals surface area contributed by atoms with Crippen molar-refractivity contribution in [1.82, 2.24) is 19.0 Å². The second-order valence-corrected chi connectivity index (χ2v) is 7.27. The number of hydrogen-bond donors (Lipinski definition) is 0. The fraction of sp³-hybridized carbons (Fsp3) is 0.273. The third-order valence-electron chi connectivity index (χ3n) is 5.49. The number of piperazine rings is 1. The summed E-state index contributed by atoms with van der Waals surface area (Å²) < 4.78 is 2.70. The Morgan fingerprint density at radius 3 is 2.20 bits per heavy atom. The molecule has 1 aliphatic heterocycles. The first-order valence-corrected chi connectivity index (χ1v) is 9.81.